The number of thioether (sulfide) groups is 1. The van der Waals surface area contributed by atoms with Crippen LogP contribution in [0.5, 0.6) is 0 Å². The molecule has 0 saturated carbocycles. The van der Waals surface area contributed by atoms with Crippen LogP contribution in [0.3, 0.4) is 0 Å². The van der Waals surface area contributed by atoms with Gasteiger partial charge in [-0.3, -0.25) is 4.79 Å². The van der Waals surface area contributed by atoms with Crippen molar-refractivity contribution in [3.05, 3.63) is 0 Å². The van der Waals surface area contributed by atoms with Gasteiger partial charge in [0, 0.05) is 12.3 Å². The van der Waals surface area contributed by atoms with E-state index in [-0.39, 0.29) is 5.91 Å². The number of amides is 1. The number of nitrogens with one attached hydrogen (secondary N) is 1. The summed E-state index contributed by atoms with van der Waals surface area (Å²) in [5.41, 5.74) is 0. The summed E-state index contributed by atoms with van der Waals surface area (Å²) in [6.07, 6.45) is 0. The van der Waals surface area contributed by atoms with Crippen molar-refractivity contribution in [2.24, 2.45) is 0 Å². The van der Waals surface area contributed by atoms with Crippen molar-refractivity contribution in [1.29, 1.82) is 0 Å². The third-order valence-electron chi connectivity index (χ3n) is 0.843. The molecule has 60 valence electrons. The molecule has 2 nitrogen and oxygen atoms in total. The Morgan fingerprint density at radius 1 is 1.70 bits per heavy atom. The van der Waals surface area contributed by atoms with Crippen LogP contribution in [0.2, 0.25) is 0 Å². The lowest BCUT2D eigenvalue weighted by atomic mass is 10.6. The van der Waals surface area contributed by atoms with E-state index >= 15 is 0 Å². The second-order valence-electron chi connectivity index (χ2n) is 1.73. The third kappa shape index (κ3) is 6.29. The molecule has 0 spiro atoms. The minimum Gasteiger partial charge on any atom is -0.356 e. The lowest BCUT2D eigenvalue weighted by molar-refractivity contribution is -0.118. The first-order valence-electron chi connectivity index (χ1n) is 3.26. The number of hydrogen-bond donors (Lipinski definition) is 2. The Morgan fingerprint density at radius 3 is 2.90 bits per heavy atom. The van der Waals surface area contributed by atoms with E-state index in [1.807, 2.05) is 6.92 Å². The van der Waals surface area contributed by atoms with E-state index in [9.17, 15) is 4.79 Å². The van der Waals surface area contributed by atoms with Gasteiger partial charge in [-0.1, -0.05) is 0 Å². The number of carbonyl (C=O) groups is 1. The van der Waals surface area contributed by atoms with E-state index in [4.69, 9.17) is 0 Å². The normalized spacial score (nSPS) is 9.40. The standard InChI is InChI=1S/C6H13NOS2/c1-2-7-6(8)5-10-4-3-9/h9H,2-5H2,1H3,(H,7,8). The molecule has 0 aromatic heterocycles. The van der Waals surface area contributed by atoms with Crippen LogP contribution in [0.15, 0.2) is 0 Å². The van der Waals surface area contributed by atoms with Gasteiger partial charge in [0.1, 0.15) is 0 Å². The minimum absolute atomic E-state index is 0.120. The average Bonchev–Trinajstić information content (AvgIpc) is 1.89. The van der Waals surface area contributed by atoms with Crippen LogP contribution in [0.4, 0.5) is 0 Å². The summed E-state index contributed by atoms with van der Waals surface area (Å²) in [5, 5.41) is 2.72. The molecule has 1 N–H and O–H groups in total. The number of hydrogen-bond acceptors (Lipinski definition) is 3. The van der Waals surface area contributed by atoms with Gasteiger partial charge in [-0.25, -0.2) is 0 Å². The zero-order valence-corrected chi connectivity index (χ0v) is 7.80. The molecule has 10 heavy (non-hydrogen) atoms. The predicted molar refractivity (Wildman–Crippen MR) is 49.9 cm³/mol. The fourth-order valence-electron chi connectivity index (χ4n) is 0.478. The SMILES string of the molecule is CCNC(=O)CSCCS. The van der Waals surface area contributed by atoms with Crippen LogP contribution in [0.25, 0.3) is 0 Å². The van der Waals surface area contributed by atoms with Crippen LogP contribution >= 0.6 is 24.4 Å². The molecule has 0 fully saturated rings. The molecule has 1 amide bonds. The van der Waals surface area contributed by atoms with Crippen molar-refractivity contribution in [3.8, 4) is 0 Å². The molecule has 0 aliphatic carbocycles. The fourth-order valence-corrected chi connectivity index (χ4v) is 1.43. The summed E-state index contributed by atoms with van der Waals surface area (Å²) in [4.78, 5) is 10.8. The monoisotopic (exact) mass is 179 g/mol. The molecule has 0 aliphatic heterocycles. The second-order valence-corrected chi connectivity index (χ2v) is 3.28. The van der Waals surface area contributed by atoms with Crippen LogP contribution in [-0.4, -0.2) is 29.7 Å². The largest absolute Gasteiger partial charge is 0.356 e. The third-order valence-corrected chi connectivity index (χ3v) is 2.33. The first-order chi connectivity index (χ1) is 4.81. The van der Waals surface area contributed by atoms with Crippen molar-refractivity contribution >= 4 is 30.3 Å². The predicted octanol–water partition coefficient (Wildman–Crippen LogP) is 0.786. The zero-order valence-electron chi connectivity index (χ0n) is 6.09. The van der Waals surface area contributed by atoms with Crippen LogP contribution in [0.1, 0.15) is 6.92 Å². The van der Waals surface area contributed by atoms with E-state index in [1.54, 1.807) is 11.8 Å². The van der Waals surface area contributed by atoms with Gasteiger partial charge in [0.05, 0.1) is 5.75 Å². The Balaban J connectivity index is 3.05. The van der Waals surface area contributed by atoms with Gasteiger partial charge < -0.3 is 5.32 Å². The summed E-state index contributed by atoms with van der Waals surface area (Å²) < 4.78 is 0. The molecular weight excluding hydrogens is 166 g/mol. The Labute approximate surface area is 71.6 Å². The van der Waals surface area contributed by atoms with Gasteiger partial charge in [-0.15, -0.1) is 0 Å². The van der Waals surface area contributed by atoms with Gasteiger partial charge in [0.15, 0.2) is 0 Å². The van der Waals surface area contributed by atoms with Gasteiger partial charge in [0.25, 0.3) is 0 Å². The molecule has 0 unspecified atom stereocenters. The molecule has 0 heterocycles. The maximum Gasteiger partial charge on any atom is 0.229 e. The molecule has 0 radical (unpaired) electrons. The lowest BCUT2D eigenvalue weighted by Crippen LogP contribution is -2.24. The van der Waals surface area contributed by atoms with Crippen LogP contribution < -0.4 is 5.32 Å². The zero-order chi connectivity index (χ0) is 7.82. The highest BCUT2D eigenvalue weighted by atomic mass is 32.2. The van der Waals surface area contributed by atoms with Crippen molar-refractivity contribution < 1.29 is 4.79 Å². The first-order valence-corrected chi connectivity index (χ1v) is 5.05. The molecule has 0 saturated heterocycles. The Hall–Kier alpha value is 0.170. The number of thiol groups is 1. The Bertz CT molecular complexity index is 97.7. The second kappa shape index (κ2) is 7.28. The van der Waals surface area contributed by atoms with Gasteiger partial charge >= 0.3 is 0 Å². The van der Waals surface area contributed by atoms with Crippen LogP contribution in [0, 0.1) is 0 Å². The molecule has 0 aromatic rings. The van der Waals surface area contributed by atoms with Crippen molar-refractivity contribution in [2.75, 3.05) is 23.8 Å². The maximum atomic E-state index is 10.8. The fraction of sp³-hybridized carbons (Fsp3) is 0.833. The highest BCUT2D eigenvalue weighted by Crippen LogP contribution is 1.98. The molecule has 4 heteroatoms. The topological polar surface area (TPSA) is 29.1 Å². The Kier molecular flexibility index (Phi) is 7.40. The highest BCUT2D eigenvalue weighted by Gasteiger charge is 1.96. The lowest BCUT2D eigenvalue weighted by Gasteiger charge is -1.99. The van der Waals surface area contributed by atoms with Crippen molar-refractivity contribution in [3.63, 3.8) is 0 Å². The van der Waals surface area contributed by atoms with Gasteiger partial charge in [-0.2, -0.15) is 24.4 Å². The molecule has 0 aliphatic rings. The first kappa shape index (κ1) is 10.2. The van der Waals surface area contributed by atoms with Crippen molar-refractivity contribution in [2.45, 2.75) is 6.92 Å². The summed E-state index contributed by atoms with van der Waals surface area (Å²) >= 11 is 5.64. The van der Waals surface area contributed by atoms with Crippen LogP contribution in [-0.2, 0) is 4.79 Å². The quantitative estimate of drug-likeness (QED) is 0.482. The molecule has 0 atom stereocenters. The summed E-state index contributed by atoms with van der Waals surface area (Å²) in [5.74, 6) is 2.47. The maximum absolute atomic E-state index is 10.8. The van der Waals surface area contributed by atoms with E-state index in [1.165, 1.54) is 0 Å². The van der Waals surface area contributed by atoms with Gasteiger partial charge in [-0.05, 0) is 12.7 Å². The van der Waals surface area contributed by atoms with E-state index in [2.05, 4.69) is 17.9 Å². The smallest absolute Gasteiger partial charge is 0.229 e. The van der Waals surface area contributed by atoms with E-state index in [0.29, 0.717) is 5.75 Å². The highest BCUT2D eigenvalue weighted by molar-refractivity contribution is 8.00. The van der Waals surface area contributed by atoms with E-state index < -0.39 is 0 Å². The summed E-state index contributed by atoms with van der Waals surface area (Å²) in [6, 6.07) is 0. The van der Waals surface area contributed by atoms with E-state index in [0.717, 1.165) is 18.1 Å². The minimum atomic E-state index is 0.120. The molecule has 0 bridgehead atoms. The molecule has 0 rings (SSSR count). The van der Waals surface area contributed by atoms with Gasteiger partial charge in [0.2, 0.25) is 5.91 Å². The summed E-state index contributed by atoms with van der Waals surface area (Å²) in [7, 11) is 0. The number of carbonyl (C=O) groups excluding carboxylic acids is 1. The molecule has 0 aromatic carbocycles. The average molecular weight is 179 g/mol. The molecular formula is C6H13NOS2. The number of rotatable bonds is 5. The summed E-state index contributed by atoms with van der Waals surface area (Å²) in [6.45, 7) is 2.64. The Morgan fingerprint density at radius 2 is 2.40 bits per heavy atom. The van der Waals surface area contributed by atoms with Crippen molar-refractivity contribution in [1.82, 2.24) is 5.32 Å².